The number of alkyl carbamates (subject to hydrolysis) is 1. The van der Waals surface area contributed by atoms with E-state index in [9.17, 15) is 29.1 Å². The molecule has 1 aromatic carbocycles. The Morgan fingerprint density at radius 2 is 1.82 bits per heavy atom. The molecule has 0 fully saturated rings. The zero-order chi connectivity index (χ0) is 24.5. The summed E-state index contributed by atoms with van der Waals surface area (Å²) in [5, 5.41) is 12.8. The summed E-state index contributed by atoms with van der Waals surface area (Å²) in [6.07, 6.45) is 0.303. The number of nitrogens with one attached hydrogen (secondary N) is 1. The fourth-order valence-electron chi connectivity index (χ4n) is 3.67. The fraction of sp³-hybridized carbons (Fsp3) is 0.542. The van der Waals surface area contributed by atoms with E-state index in [2.05, 4.69) is 5.32 Å². The minimum Gasteiger partial charge on any atom is -0.507 e. The number of fused-ring (bicyclic) bond motifs is 1. The quantitative estimate of drug-likeness (QED) is 0.397. The first-order valence-electron chi connectivity index (χ1n) is 11.1. The van der Waals surface area contributed by atoms with E-state index < -0.39 is 35.5 Å². The molecular formula is C24H31NO8. The van der Waals surface area contributed by atoms with Crippen LogP contribution in [0.4, 0.5) is 4.79 Å². The predicted octanol–water partition coefficient (Wildman–Crippen LogP) is 2.69. The topological polar surface area (TPSA) is 136 Å². The number of hydrogen-bond donors (Lipinski definition) is 2. The molecule has 33 heavy (non-hydrogen) atoms. The third-order valence-corrected chi connectivity index (χ3v) is 5.88. The molecular weight excluding hydrogens is 430 g/mol. The molecule has 0 saturated carbocycles. The van der Waals surface area contributed by atoms with Crippen molar-refractivity contribution in [2.75, 3.05) is 13.7 Å². The van der Waals surface area contributed by atoms with E-state index in [1.165, 1.54) is 13.1 Å². The van der Waals surface area contributed by atoms with E-state index in [1.54, 1.807) is 19.9 Å². The van der Waals surface area contributed by atoms with E-state index in [0.717, 1.165) is 5.56 Å². The molecule has 0 aliphatic carbocycles. The summed E-state index contributed by atoms with van der Waals surface area (Å²) in [6, 6.07) is 3.09. The largest absolute Gasteiger partial charge is 0.507 e. The van der Waals surface area contributed by atoms with Gasteiger partial charge in [-0.3, -0.25) is 14.4 Å². The minimum atomic E-state index is -0.994. The van der Waals surface area contributed by atoms with Crippen molar-refractivity contribution in [3.05, 3.63) is 28.8 Å². The molecule has 1 aliphatic heterocycles. The van der Waals surface area contributed by atoms with Gasteiger partial charge < -0.3 is 19.9 Å². The zero-order valence-electron chi connectivity index (χ0n) is 19.3. The second-order valence-corrected chi connectivity index (χ2v) is 8.24. The van der Waals surface area contributed by atoms with Gasteiger partial charge in [0.1, 0.15) is 17.4 Å². The highest BCUT2D eigenvalue weighted by Crippen LogP contribution is 2.29. The predicted molar refractivity (Wildman–Crippen MR) is 118 cm³/mol. The number of aromatic hydroxyl groups is 1. The van der Waals surface area contributed by atoms with E-state index in [-0.39, 0.29) is 55.9 Å². The number of esters is 1. The van der Waals surface area contributed by atoms with Crippen LogP contribution in [-0.4, -0.2) is 54.3 Å². The molecule has 1 amide bonds. The number of amides is 1. The Hall–Kier alpha value is -3.23. The highest BCUT2D eigenvalue weighted by Gasteiger charge is 2.28. The van der Waals surface area contributed by atoms with Crippen molar-refractivity contribution < 1.29 is 38.6 Å². The van der Waals surface area contributed by atoms with Crippen molar-refractivity contribution in [2.24, 2.45) is 5.92 Å². The molecule has 1 aromatic rings. The van der Waals surface area contributed by atoms with Gasteiger partial charge in [-0.2, -0.15) is 0 Å². The van der Waals surface area contributed by atoms with Crippen LogP contribution in [0.15, 0.2) is 12.1 Å². The van der Waals surface area contributed by atoms with Gasteiger partial charge in [0, 0.05) is 19.9 Å². The highest BCUT2D eigenvalue weighted by molar-refractivity contribution is 6.63. The Morgan fingerprint density at radius 1 is 1.12 bits per heavy atom. The molecule has 9 heteroatoms. The minimum absolute atomic E-state index is 0.0330. The first kappa shape index (κ1) is 26.0. The van der Waals surface area contributed by atoms with Gasteiger partial charge in [0.2, 0.25) is 11.6 Å². The molecule has 2 rings (SSSR count). The number of hydrogen-bond acceptors (Lipinski definition) is 8. The molecule has 0 spiro atoms. The monoisotopic (exact) mass is 461 g/mol. The van der Waals surface area contributed by atoms with Crippen LogP contribution in [0.3, 0.4) is 0 Å². The van der Waals surface area contributed by atoms with Crippen LogP contribution in [0.25, 0.3) is 0 Å². The molecule has 2 atom stereocenters. The summed E-state index contributed by atoms with van der Waals surface area (Å²) in [6.45, 7) is 3.62. The van der Waals surface area contributed by atoms with Crippen LogP contribution >= 0.6 is 0 Å². The molecule has 0 aromatic heterocycles. The fourth-order valence-corrected chi connectivity index (χ4v) is 3.67. The van der Waals surface area contributed by atoms with Gasteiger partial charge in [0.25, 0.3) is 5.78 Å². The molecule has 1 heterocycles. The van der Waals surface area contributed by atoms with Crippen LogP contribution in [0, 0.1) is 5.92 Å². The molecule has 1 aliphatic rings. The molecule has 0 radical (unpaired) electrons. The lowest BCUT2D eigenvalue weighted by Gasteiger charge is -2.22. The molecule has 2 N–H and O–H groups in total. The van der Waals surface area contributed by atoms with E-state index in [4.69, 9.17) is 9.47 Å². The Balaban J connectivity index is 2.34. The number of ketones is 3. The summed E-state index contributed by atoms with van der Waals surface area (Å²) in [5.74, 6) is -3.62. The Labute approximate surface area is 192 Å². The van der Waals surface area contributed by atoms with Crippen molar-refractivity contribution in [3.63, 3.8) is 0 Å². The molecule has 180 valence electrons. The lowest BCUT2D eigenvalue weighted by atomic mass is 9.91. The third-order valence-electron chi connectivity index (χ3n) is 5.88. The lowest BCUT2D eigenvalue weighted by Crippen LogP contribution is -2.28. The molecule has 9 nitrogen and oxygen atoms in total. The van der Waals surface area contributed by atoms with Crippen molar-refractivity contribution >= 4 is 29.4 Å². The van der Waals surface area contributed by atoms with E-state index >= 15 is 0 Å². The van der Waals surface area contributed by atoms with E-state index in [0.29, 0.717) is 18.4 Å². The number of benzene rings is 1. The average Bonchev–Trinajstić information content (AvgIpc) is 2.79. The number of phenolic OH excluding ortho intramolecular Hbond substituents is 1. The van der Waals surface area contributed by atoms with Gasteiger partial charge in [0.15, 0.2) is 0 Å². The molecule has 0 bridgehead atoms. The van der Waals surface area contributed by atoms with Gasteiger partial charge in [-0.25, -0.2) is 9.59 Å². The maximum absolute atomic E-state index is 13.0. The number of aryl methyl sites for hydroxylation is 1. The zero-order valence-corrected chi connectivity index (χ0v) is 19.3. The van der Waals surface area contributed by atoms with Gasteiger partial charge in [-0.05, 0) is 62.1 Å². The summed E-state index contributed by atoms with van der Waals surface area (Å²) < 4.78 is 10.6. The third kappa shape index (κ3) is 7.13. The van der Waals surface area contributed by atoms with Crippen LogP contribution in [-0.2, 0) is 36.7 Å². The van der Waals surface area contributed by atoms with Crippen LogP contribution in [0.5, 0.6) is 5.75 Å². The summed E-state index contributed by atoms with van der Waals surface area (Å²) >= 11 is 0. The summed E-state index contributed by atoms with van der Waals surface area (Å²) in [5.41, 5.74) is 1.29. The van der Waals surface area contributed by atoms with Gasteiger partial charge >= 0.3 is 12.1 Å². The first-order chi connectivity index (χ1) is 15.6. The van der Waals surface area contributed by atoms with Crippen molar-refractivity contribution in [1.29, 1.82) is 0 Å². The first-order valence-corrected chi connectivity index (χ1v) is 11.1. The maximum Gasteiger partial charge on any atom is 0.406 e. The number of carbonyl (C=O) groups excluding carboxylic acids is 5. The second-order valence-electron chi connectivity index (χ2n) is 8.24. The van der Waals surface area contributed by atoms with Crippen molar-refractivity contribution in [2.45, 2.75) is 64.9 Å². The lowest BCUT2D eigenvalue weighted by molar-refractivity contribution is -0.144. The van der Waals surface area contributed by atoms with Gasteiger partial charge in [-0.15, -0.1) is 0 Å². The number of cyclic esters (lactones) is 1. The standard InChI is InChI=1S/C24H31NO8/c1-14-9-11-20(28)22(29)19(27)8-4-7-17-16(6-5-13-32-24(31)25-3)10-12-18(26)21(17)23(30)33-15(14)2/h10,12,14-15,26H,4-9,11,13H2,1-3H3,(H,25,31)/t14-,15-/m0/s1. The molecule has 0 unspecified atom stereocenters. The van der Waals surface area contributed by atoms with Gasteiger partial charge in [-0.1, -0.05) is 13.0 Å². The normalized spacial score (nSPS) is 20.5. The second kappa shape index (κ2) is 12.1. The Kier molecular flexibility index (Phi) is 9.57. The molecule has 0 saturated heterocycles. The summed E-state index contributed by atoms with van der Waals surface area (Å²) in [4.78, 5) is 60.6. The number of Topliss-reactive ketones (excluding diaryl/α,β-unsaturated/α-hetero) is 3. The van der Waals surface area contributed by atoms with E-state index in [1.807, 2.05) is 0 Å². The SMILES string of the molecule is CNC(=O)OCCCc1ccc(O)c2c1CCCC(=O)C(=O)C(=O)CC[C@H](C)[C@H](C)OC2=O. The van der Waals surface area contributed by atoms with Crippen LogP contribution in [0.1, 0.15) is 67.4 Å². The van der Waals surface area contributed by atoms with Crippen LogP contribution in [0.2, 0.25) is 0 Å². The smallest absolute Gasteiger partial charge is 0.406 e. The highest BCUT2D eigenvalue weighted by atomic mass is 16.5. The maximum atomic E-state index is 13.0. The number of rotatable bonds is 4. The Bertz CT molecular complexity index is 923. The average molecular weight is 462 g/mol. The number of carbonyl (C=O) groups is 5. The Morgan fingerprint density at radius 3 is 2.52 bits per heavy atom. The van der Waals surface area contributed by atoms with Crippen molar-refractivity contribution in [1.82, 2.24) is 5.32 Å². The van der Waals surface area contributed by atoms with Crippen molar-refractivity contribution in [3.8, 4) is 5.75 Å². The van der Waals surface area contributed by atoms with Gasteiger partial charge in [0.05, 0.1) is 6.61 Å². The summed E-state index contributed by atoms with van der Waals surface area (Å²) in [7, 11) is 1.46. The number of ether oxygens (including phenoxy) is 2. The van der Waals surface area contributed by atoms with Crippen LogP contribution < -0.4 is 5.32 Å². The number of phenols is 1.